The highest BCUT2D eigenvalue weighted by Gasteiger charge is 2.33. The van der Waals surface area contributed by atoms with E-state index in [0.717, 1.165) is 40.8 Å². The van der Waals surface area contributed by atoms with E-state index in [0.29, 0.717) is 22.6 Å². The summed E-state index contributed by atoms with van der Waals surface area (Å²) in [5.74, 6) is -0.0362. The van der Waals surface area contributed by atoms with Crippen molar-refractivity contribution in [1.82, 2.24) is 20.2 Å². The van der Waals surface area contributed by atoms with Crippen molar-refractivity contribution in [2.24, 2.45) is 11.7 Å². The van der Waals surface area contributed by atoms with E-state index in [9.17, 15) is 14.4 Å². The fraction of sp³-hybridized carbons (Fsp3) is 0.241. The molecule has 1 heterocycles. The number of carbonyl (C=O) groups excluding carboxylic acids is 3. The Balaban J connectivity index is 1.49. The lowest BCUT2D eigenvalue weighted by molar-refractivity contribution is -0.124. The summed E-state index contributed by atoms with van der Waals surface area (Å²) < 4.78 is 2.15. The molecule has 1 fully saturated rings. The molecule has 4 aromatic rings. The Bertz CT molecular complexity index is 1550. The number of hydrogen-bond donors (Lipinski definition) is 3. The lowest BCUT2D eigenvalue weighted by atomic mass is 10.1. The average Bonchev–Trinajstić information content (AvgIpc) is 3.56. The molecule has 4 N–H and O–H groups in total. The average molecular weight is 530 g/mol. The molecule has 3 amide bonds. The van der Waals surface area contributed by atoms with Crippen LogP contribution in [0.15, 0.2) is 66.7 Å². The maximum atomic E-state index is 13.1. The molecule has 1 aromatic heterocycles. The summed E-state index contributed by atoms with van der Waals surface area (Å²) in [4.78, 5) is 41.8. The highest BCUT2D eigenvalue weighted by Crippen LogP contribution is 2.40. The molecule has 194 valence electrons. The fourth-order valence-corrected chi connectivity index (χ4v) is 5.38. The monoisotopic (exact) mass is 529 g/mol. The number of amides is 3. The highest BCUT2D eigenvalue weighted by molar-refractivity contribution is 6.30. The van der Waals surface area contributed by atoms with Crippen LogP contribution in [0.1, 0.15) is 51.6 Å². The molecule has 0 saturated heterocycles. The second kappa shape index (κ2) is 10.7. The molecule has 0 radical (unpaired) electrons. The minimum atomic E-state index is -0.516. The Hall–Kier alpha value is -4.17. The van der Waals surface area contributed by atoms with E-state index in [1.165, 1.54) is 0 Å². The number of aromatic nitrogens is 2. The Kier molecular flexibility index (Phi) is 7.15. The van der Waals surface area contributed by atoms with Gasteiger partial charge in [0, 0.05) is 47.3 Å². The molecule has 1 aliphatic carbocycles. The van der Waals surface area contributed by atoms with Crippen LogP contribution in [-0.2, 0) is 11.3 Å². The molecule has 0 aliphatic heterocycles. The van der Waals surface area contributed by atoms with Crippen molar-refractivity contribution in [3.63, 3.8) is 0 Å². The Morgan fingerprint density at radius 3 is 2.61 bits per heavy atom. The van der Waals surface area contributed by atoms with Crippen molar-refractivity contribution in [2.75, 3.05) is 7.05 Å². The van der Waals surface area contributed by atoms with E-state index < -0.39 is 5.91 Å². The maximum Gasteiger partial charge on any atom is 0.251 e. The van der Waals surface area contributed by atoms with E-state index in [2.05, 4.69) is 15.2 Å². The normalized spacial score (nSPS) is 16.9. The molecule has 38 heavy (non-hydrogen) atoms. The van der Waals surface area contributed by atoms with Gasteiger partial charge in [0.1, 0.15) is 5.82 Å². The van der Waals surface area contributed by atoms with Crippen LogP contribution < -0.4 is 16.4 Å². The largest absolute Gasteiger partial charge is 0.366 e. The van der Waals surface area contributed by atoms with Crippen LogP contribution in [0.4, 0.5) is 0 Å². The van der Waals surface area contributed by atoms with E-state index in [4.69, 9.17) is 22.3 Å². The molecule has 5 rings (SSSR count). The van der Waals surface area contributed by atoms with Gasteiger partial charge in [0.2, 0.25) is 11.8 Å². The van der Waals surface area contributed by atoms with Crippen LogP contribution in [0.25, 0.3) is 22.4 Å². The third-order valence-corrected chi connectivity index (χ3v) is 7.32. The summed E-state index contributed by atoms with van der Waals surface area (Å²) in [6.07, 6.45) is 2.29. The summed E-state index contributed by atoms with van der Waals surface area (Å²) >= 11 is 6.30. The molecule has 9 heteroatoms. The number of rotatable bonds is 7. The predicted molar refractivity (Wildman–Crippen MR) is 147 cm³/mol. The number of carbonyl (C=O) groups is 3. The number of halogens is 1. The van der Waals surface area contributed by atoms with Gasteiger partial charge in [0.05, 0.1) is 11.0 Å². The van der Waals surface area contributed by atoms with Crippen molar-refractivity contribution >= 4 is 40.4 Å². The minimum Gasteiger partial charge on any atom is -0.366 e. The number of nitrogens with zero attached hydrogens (tertiary/aromatic N) is 2. The number of nitrogens with two attached hydrogens (primary N) is 1. The van der Waals surface area contributed by atoms with Gasteiger partial charge in [-0.25, -0.2) is 4.98 Å². The minimum absolute atomic E-state index is 0.0432. The smallest absolute Gasteiger partial charge is 0.251 e. The highest BCUT2D eigenvalue weighted by atomic mass is 35.5. The van der Waals surface area contributed by atoms with Crippen molar-refractivity contribution in [2.45, 2.75) is 31.8 Å². The third kappa shape index (κ3) is 5.13. The van der Waals surface area contributed by atoms with Gasteiger partial charge in [-0.05, 0) is 67.3 Å². The van der Waals surface area contributed by atoms with Crippen molar-refractivity contribution in [1.29, 1.82) is 0 Å². The number of nitrogens with one attached hydrogen (secondary N) is 2. The van der Waals surface area contributed by atoms with E-state index in [1.807, 2.05) is 42.5 Å². The first-order valence-corrected chi connectivity index (χ1v) is 12.9. The first-order valence-electron chi connectivity index (χ1n) is 12.5. The summed E-state index contributed by atoms with van der Waals surface area (Å²) in [7, 11) is 1.66. The van der Waals surface area contributed by atoms with Gasteiger partial charge in [-0.1, -0.05) is 35.9 Å². The third-order valence-electron chi connectivity index (χ3n) is 7.09. The predicted octanol–water partition coefficient (Wildman–Crippen LogP) is 4.47. The number of fused-ring (bicyclic) bond motifs is 1. The van der Waals surface area contributed by atoms with Crippen molar-refractivity contribution in [3.05, 3.63) is 88.4 Å². The summed E-state index contributed by atoms with van der Waals surface area (Å²) in [5.41, 5.74) is 9.48. The summed E-state index contributed by atoms with van der Waals surface area (Å²) in [6, 6.07) is 19.9. The molecule has 1 saturated carbocycles. The molecular formula is C29H28ClN5O3. The topological polar surface area (TPSA) is 119 Å². The zero-order valence-electron chi connectivity index (χ0n) is 20.9. The van der Waals surface area contributed by atoms with Crippen molar-refractivity contribution in [3.8, 4) is 11.4 Å². The first kappa shape index (κ1) is 25.5. The van der Waals surface area contributed by atoms with Gasteiger partial charge in [-0.2, -0.15) is 0 Å². The van der Waals surface area contributed by atoms with Crippen molar-refractivity contribution < 1.29 is 14.4 Å². The lowest BCUT2D eigenvalue weighted by Crippen LogP contribution is -2.25. The zero-order valence-corrected chi connectivity index (χ0v) is 21.7. The van der Waals surface area contributed by atoms with Gasteiger partial charge < -0.3 is 20.9 Å². The van der Waals surface area contributed by atoms with Gasteiger partial charge in [-0.3, -0.25) is 14.4 Å². The standard InChI is InChI=1S/C29H28ClN5O3/c1-32-28(37)20-8-10-23(14-20)35-25-15-21(29(38)33-16-17-4-2-5-18(12-17)26(31)36)9-11-24(25)34-27(35)19-6-3-7-22(30)13-19/h2-7,9,11-13,15,20,23H,8,10,14,16H2,1H3,(H2,31,36)(H,32,37)(H,33,38). The molecule has 0 spiro atoms. The van der Waals surface area contributed by atoms with Crippen LogP contribution in [0.5, 0.6) is 0 Å². The van der Waals surface area contributed by atoms with Crippen LogP contribution in [0.2, 0.25) is 5.02 Å². The lowest BCUT2D eigenvalue weighted by Gasteiger charge is -2.18. The molecular weight excluding hydrogens is 502 g/mol. The molecule has 2 unspecified atom stereocenters. The second-order valence-electron chi connectivity index (χ2n) is 9.54. The second-order valence-corrected chi connectivity index (χ2v) is 9.98. The molecule has 2 atom stereocenters. The SMILES string of the molecule is CNC(=O)C1CCC(n2c(-c3cccc(Cl)c3)nc3ccc(C(=O)NCc4cccc(C(N)=O)c4)cc32)C1. The Morgan fingerprint density at radius 2 is 1.84 bits per heavy atom. The van der Waals surface area contributed by atoms with E-state index in [-0.39, 0.29) is 30.3 Å². The van der Waals surface area contributed by atoms with Crippen LogP contribution in [-0.4, -0.2) is 34.3 Å². The Labute approximate surface area is 225 Å². The van der Waals surface area contributed by atoms with Gasteiger partial charge in [-0.15, -0.1) is 0 Å². The van der Waals surface area contributed by atoms with Gasteiger partial charge in [0.15, 0.2) is 0 Å². The molecule has 8 nitrogen and oxygen atoms in total. The molecule has 0 bridgehead atoms. The zero-order chi connectivity index (χ0) is 26.8. The number of imidazole rings is 1. The first-order chi connectivity index (χ1) is 18.3. The van der Waals surface area contributed by atoms with E-state index in [1.54, 1.807) is 31.3 Å². The van der Waals surface area contributed by atoms with E-state index >= 15 is 0 Å². The summed E-state index contributed by atoms with van der Waals surface area (Å²) in [5, 5.41) is 6.29. The summed E-state index contributed by atoms with van der Waals surface area (Å²) in [6.45, 7) is 0.251. The Morgan fingerprint density at radius 1 is 1.03 bits per heavy atom. The van der Waals surface area contributed by atoms with Crippen LogP contribution >= 0.6 is 11.6 Å². The quantitative estimate of drug-likeness (QED) is 0.327. The number of primary amides is 1. The number of hydrogen-bond acceptors (Lipinski definition) is 4. The maximum absolute atomic E-state index is 13.1. The van der Waals surface area contributed by atoms with Gasteiger partial charge in [0.25, 0.3) is 5.91 Å². The molecule has 1 aliphatic rings. The fourth-order valence-electron chi connectivity index (χ4n) is 5.19. The molecule has 3 aromatic carbocycles. The van der Waals surface area contributed by atoms with Crippen LogP contribution in [0.3, 0.4) is 0 Å². The van der Waals surface area contributed by atoms with Gasteiger partial charge >= 0.3 is 0 Å². The van der Waals surface area contributed by atoms with Crippen LogP contribution in [0, 0.1) is 5.92 Å². The number of benzene rings is 3.